The van der Waals surface area contributed by atoms with E-state index in [1.165, 1.54) is 25.7 Å². The molecule has 1 aromatic carbocycles. The van der Waals surface area contributed by atoms with Crippen molar-refractivity contribution in [3.05, 3.63) is 35.4 Å². The first-order valence-corrected chi connectivity index (χ1v) is 8.76. The van der Waals surface area contributed by atoms with E-state index in [2.05, 4.69) is 11.0 Å². The van der Waals surface area contributed by atoms with Crippen LogP contribution < -0.4 is 0 Å². The summed E-state index contributed by atoms with van der Waals surface area (Å²) in [5.41, 5.74) is 1.19. The standard InChI is InChI=1S/C19H25N3O2/c1-21(19(24)16-8-6-14(10-20)7-9-16)18(15-4-2-3-5-15)13-22-11-17(23)12-22/h6-9,15,17-18,23H,2-5,11-13H2,1H3/t18-/m0/s1. The minimum Gasteiger partial charge on any atom is -0.390 e. The quantitative estimate of drug-likeness (QED) is 0.896. The number of nitrogens with zero attached hydrogens (tertiary/aromatic N) is 3. The Labute approximate surface area is 143 Å². The number of likely N-dealkylation sites (tertiary alicyclic amines) is 1. The van der Waals surface area contributed by atoms with Crippen molar-refractivity contribution in [1.29, 1.82) is 5.26 Å². The highest BCUT2D eigenvalue weighted by molar-refractivity contribution is 5.94. The Morgan fingerprint density at radius 2 is 1.96 bits per heavy atom. The maximum atomic E-state index is 12.9. The van der Waals surface area contributed by atoms with E-state index >= 15 is 0 Å². The van der Waals surface area contributed by atoms with Gasteiger partial charge in [-0.3, -0.25) is 9.69 Å². The monoisotopic (exact) mass is 327 g/mol. The van der Waals surface area contributed by atoms with Crippen LogP contribution in [0.1, 0.15) is 41.6 Å². The first-order chi connectivity index (χ1) is 11.6. The van der Waals surface area contributed by atoms with Gasteiger partial charge in [-0.2, -0.15) is 5.26 Å². The van der Waals surface area contributed by atoms with Crippen molar-refractivity contribution in [3.8, 4) is 6.07 Å². The predicted octanol–water partition coefficient (Wildman–Crippen LogP) is 1.87. The molecule has 0 aromatic heterocycles. The Kier molecular flexibility index (Phi) is 5.17. The maximum absolute atomic E-state index is 12.9. The summed E-state index contributed by atoms with van der Waals surface area (Å²) >= 11 is 0. The van der Waals surface area contributed by atoms with E-state index in [9.17, 15) is 9.90 Å². The van der Waals surface area contributed by atoms with E-state index in [0.29, 0.717) is 30.1 Å². The van der Waals surface area contributed by atoms with Crippen LogP contribution in [0.15, 0.2) is 24.3 Å². The van der Waals surface area contributed by atoms with E-state index in [4.69, 9.17) is 5.26 Å². The van der Waals surface area contributed by atoms with Gasteiger partial charge in [-0.15, -0.1) is 0 Å². The molecule has 1 aliphatic carbocycles. The highest BCUT2D eigenvalue weighted by Crippen LogP contribution is 2.31. The van der Waals surface area contributed by atoms with Gasteiger partial charge in [-0.1, -0.05) is 12.8 Å². The van der Waals surface area contributed by atoms with Gasteiger partial charge in [0.1, 0.15) is 0 Å². The Morgan fingerprint density at radius 1 is 1.33 bits per heavy atom. The highest BCUT2D eigenvalue weighted by atomic mass is 16.3. The minimum atomic E-state index is -0.214. The summed E-state index contributed by atoms with van der Waals surface area (Å²) in [6.45, 7) is 2.25. The van der Waals surface area contributed by atoms with Crippen LogP contribution in [0, 0.1) is 17.2 Å². The molecule has 0 radical (unpaired) electrons. The summed E-state index contributed by atoms with van der Waals surface area (Å²) in [5, 5.41) is 18.4. The summed E-state index contributed by atoms with van der Waals surface area (Å²) in [7, 11) is 1.89. The van der Waals surface area contributed by atoms with E-state index in [1.807, 2.05) is 11.9 Å². The summed E-state index contributed by atoms with van der Waals surface area (Å²) in [4.78, 5) is 17.0. The fraction of sp³-hybridized carbons (Fsp3) is 0.579. The number of benzene rings is 1. The number of hydrogen-bond donors (Lipinski definition) is 1. The van der Waals surface area contributed by atoms with Crippen molar-refractivity contribution >= 4 is 5.91 Å². The molecule has 24 heavy (non-hydrogen) atoms. The van der Waals surface area contributed by atoms with Gasteiger partial charge in [-0.25, -0.2) is 0 Å². The number of nitriles is 1. The molecule has 128 valence electrons. The molecule has 0 unspecified atom stereocenters. The largest absolute Gasteiger partial charge is 0.390 e. The van der Waals surface area contributed by atoms with Crippen LogP contribution in [0.3, 0.4) is 0 Å². The molecule has 2 aliphatic rings. The highest BCUT2D eigenvalue weighted by Gasteiger charge is 2.35. The number of β-amino-alcohol motifs (C(OH)–C–C–N with tert-alkyl or cyclic N) is 1. The third kappa shape index (κ3) is 3.61. The summed E-state index contributed by atoms with van der Waals surface area (Å²) in [5.74, 6) is 0.549. The van der Waals surface area contributed by atoms with Crippen LogP contribution >= 0.6 is 0 Å². The van der Waals surface area contributed by atoms with E-state index < -0.39 is 0 Å². The molecule has 5 heteroatoms. The molecule has 1 aliphatic heterocycles. The minimum absolute atomic E-state index is 0.0115. The number of carbonyl (C=O) groups is 1. The van der Waals surface area contributed by atoms with Crippen LogP contribution in [0.2, 0.25) is 0 Å². The van der Waals surface area contributed by atoms with Gasteiger partial charge in [0.05, 0.1) is 17.7 Å². The number of aliphatic hydroxyl groups is 1. The van der Waals surface area contributed by atoms with Crippen molar-refractivity contribution in [3.63, 3.8) is 0 Å². The molecule has 1 heterocycles. The molecule has 1 N–H and O–H groups in total. The molecular weight excluding hydrogens is 302 g/mol. The summed E-state index contributed by atoms with van der Waals surface area (Å²) < 4.78 is 0. The molecule has 1 saturated heterocycles. The summed E-state index contributed by atoms with van der Waals surface area (Å²) in [6, 6.07) is 9.11. The van der Waals surface area contributed by atoms with Crippen LogP contribution in [0.4, 0.5) is 0 Å². The van der Waals surface area contributed by atoms with Gasteiger partial charge >= 0.3 is 0 Å². The van der Waals surface area contributed by atoms with Gasteiger partial charge in [-0.05, 0) is 43.0 Å². The number of amides is 1. The molecule has 0 bridgehead atoms. The average Bonchev–Trinajstić information content (AvgIpc) is 3.10. The molecule has 1 amide bonds. The molecule has 0 spiro atoms. The van der Waals surface area contributed by atoms with Gasteiger partial charge in [0.15, 0.2) is 0 Å². The molecule has 1 atom stereocenters. The number of hydrogen-bond acceptors (Lipinski definition) is 4. The Morgan fingerprint density at radius 3 is 2.50 bits per heavy atom. The van der Waals surface area contributed by atoms with Crippen molar-refractivity contribution in [2.75, 3.05) is 26.7 Å². The molecular formula is C19H25N3O2. The average molecular weight is 327 g/mol. The normalized spacial score (nSPS) is 20.4. The first-order valence-electron chi connectivity index (χ1n) is 8.76. The van der Waals surface area contributed by atoms with Crippen LogP contribution in [0.25, 0.3) is 0 Å². The van der Waals surface area contributed by atoms with Gasteiger partial charge < -0.3 is 10.0 Å². The van der Waals surface area contributed by atoms with Crippen LogP contribution in [0.5, 0.6) is 0 Å². The topological polar surface area (TPSA) is 67.6 Å². The molecule has 5 nitrogen and oxygen atoms in total. The maximum Gasteiger partial charge on any atom is 0.253 e. The second-order valence-electron chi connectivity index (χ2n) is 7.09. The van der Waals surface area contributed by atoms with Crippen LogP contribution in [-0.4, -0.2) is 59.6 Å². The Balaban J connectivity index is 1.72. The first kappa shape index (κ1) is 16.9. The fourth-order valence-corrected chi connectivity index (χ4v) is 3.93. The molecule has 3 rings (SSSR count). The third-order valence-corrected chi connectivity index (χ3v) is 5.41. The number of rotatable bonds is 5. The molecule has 2 fully saturated rings. The van der Waals surface area contributed by atoms with Gasteiger partial charge in [0.2, 0.25) is 0 Å². The van der Waals surface area contributed by atoms with Gasteiger partial charge in [0.25, 0.3) is 5.91 Å². The lowest BCUT2D eigenvalue weighted by Gasteiger charge is -2.42. The SMILES string of the molecule is CN(C(=O)c1ccc(C#N)cc1)[C@@H](CN1CC(O)C1)C1CCCC1. The zero-order chi connectivity index (χ0) is 17.1. The van der Waals surface area contributed by atoms with E-state index in [0.717, 1.165) is 6.54 Å². The predicted molar refractivity (Wildman–Crippen MR) is 91.4 cm³/mol. The smallest absolute Gasteiger partial charge is 0.253 e. The zero-order valence-electron chi connectivity index (χ0n) is 14.2. The lowest BCUT2D eigenvalue weighted by atomic mass is 9.94. The van der Waals surface area contributed by atoms with Crippen molar-refractivity contribution in [2.45, 2.75) is 37.8 Å². The number of carbonyl (C=O) groups excluding carboxylic acids is 1. The fourth-order valence-electron chi connectivity index (χ4n) is 3.93. The second-order valence-corrected chi connectivity index (χ2v) is 7.09. The summed E-state index contributed by atoms with van der Waals surface area (Å²) in [6.07, 6.45) is 4.61. The van der Waals surface area contributed by atoms with Crippen molar-refractivity contribution in [1.82, 2.24) is 9.80 Å². The second kappa shape index (κ2) is 7.33. The van der Waals surface area contributed by atoms with Crippen molar-refractivity contribution < 1.29 is 9.90 Å². The zero-order valence-corrected chi connectivity index (χ0v) is 14.2. The number of likely N-dealkylation sites (N-methyl/N-ethyl adjacent to an activating group) is 1. The lowest BCUT2D eigenvalue weighted by molar-refractivity contribution is -0.0166. The number of aliphatic hydroxyl groups excluding tert-OH is 1. The van der Waals surface area contributed by atoms with Crippen LogP contribution in [-0.2, 0) is 0 Å². The lowest BCUT2D eigenvalue weighted by Crippen LogP contribution is -2.57. The van der Waals surface area contributed by atoms with Crippen molar-refractivity contribution in [2.24, 2.45) is 5.92 Å². The van der Waals surface area contributed by atoms with E-state index in [1.54, 1.807) is 24.3 Å². The Hall–Kier alpha value is -1.90. The van der Waals surface area contributed by atoms with Gasteiger partial charge in [0, 0.05) is 38.3 Å². The Bertz CT molecular complexity index is 610. The third-order valence-electron chi connectivity index (χ3n) is 5.41. The molecule has 1 saturated carbocycles. The molecule has 1 aromatic rings. The van der Waals surface area contributed by atoms with E-state index in [-0.39, 0.29) is 18.1 Å².